The molecule has 0 aromatic carbocycles. The zero-order valence-corrected chi connectivity index (χ0v) is 12.8. The van der Waals surface area contributed by atoms with E-state index in [1.54, 1.807) is 11.3 Å². The summed E-state index contributed by atoms with van der Waals surface area (Å²) < 4.78 is 0. The maximum Gasteiger partial charge on any atom is 0.225 e. The smallest absolute Gasteiger partial charge is 0.225 e. The molecule has 2 rings (SSSR count). The van der Waals surface area contributed by atoms with Gasteiger partial charge >= 0.3 is 0 Å². The van der Waals surface area contributed by atoms with Crippen molar-refractivity contribution in [3.63, 3.8) is 0 Å². The van der Waals surface area contributed by atoms with Crippen molar-refractivity contribution < 1.29 is 4.79 Å². The molecular formula is C15H22N2OS. The zero-order chi connectivity index (χ0) is 13.8. The third-order valence-corrected chi connectivity index (χ3v) is 4.65. The highest BCUT2D eigenvalue weighted by molar-refractivity contribution is 7.11. The molecule has 1 atom stereocenters. The molecule has 0 unspecified atom stereocenters. The van der Waals surface area contributed by atoms with Crippen LogP contribution in [0.1, 0.15) is 48.2 Å². The molecule has 0 saturated heterocycles. The topological polar surface area (TPSA) is 42.0 Å². The Kier molecular flexibility index (Phi) is 4.75. The van der Waals surface area contributed by atoms with Crippen molar-refractivity contribution >= 4 is 17.2 Å². The first-order chi connectivity index (χ1) is 9.06. The van der Waals surface area contributed by atoms with Crippen LogP contribution in [0.25, 0.3) is 0 Å². The van der Waals surface area contributed by atoms with Crippen LogP contribution in [0.15, 0.2) is 11.6 Å². The molecule has 0 aliphatic heterocycles. The lowest BCUT2D eigenvalue weighted by atomic mass is 9.94. The zero-order valence-electron chi connectivity index (χ0n) is 12.0. The molecule has 1 aromatic rings. The molecule has 1 N–H and O–H groups in total. The van der Waals surface area contributed by atoms with Crippen LogP contribution in [0.2, 0.25) is 0 Å². The number of carbonyl (C=O) groups excluding carboxylic acids is 1. The highest BCUT2D eigenvalue weighted by Gasteiger charge is 2.16. The average molecular weight is 278 g/mol. The molecule has 4 heteroatoms. The maximum absolute atomic E-state index is 12.1. The van der Waals surface area contributed by atoms with Crippen LogP contribution in [0, 0.1) is 13.8 Å². The number of hydrogen-bond acceptors (Lipinski definition) is 3. The van der Waals surface area contributed by atoms with E-state index in [1.165, 1.54) is 18.4 Å². The maximum atomic E-state index is 12.1. The van der Waals surface area contributed by atoms with Crippen molar-refractivity contribution in [1.82, 2.24) is 10.3 Å². The molecule has 19 heavy (non-hydrogen) atoms. The van der Waals surface area contributed by atoms with Gasteiger partial charge in [-0.3, -0.25) is 4.79 Å². The Bertz CT molecular complexity index is 490. The van der Waals surface area contributed by atoms with E-state index in [1.807, 2.05) is 13.8 Å². The van der Waals surface area contributed by atoms with Gasteiger partial charge in [-0.1, -0.05) is 11.6 Å². The van der Waals surface area contributed by atoms with E-state index < -0.39 is 0 Å². The minimum atomic E-state index is 0.103. The van der Waals surface area contributed by atoms with E-state index in [0.29, 0.717) is 6.42 Å². The van der Waals surface area contributed by atoms with Gasteiger partial charge in [0, 0.05) is 10.9 Å². The first-order valence-corrected chi connectivity index (χ1v) is 7.79. The van der Waals surface area contributed by atoms with Crippen molar-refractivity contribution in [1.29, 1.82) is 0 Å². The Balaban J connectivity index is 1.90. The van der Waals surface area contributed by atoms with E-state index in [-0.39, 0.29) is 11.9 Å². The largest absolute Gasteiger partial charge is 0.350 e. The van der Waals surface area contributed by atoms with E-state index >= 15 is 0 Å². The molecule has 0 spiro atoms. The lowest BCUT2D eigenvalue weighted by molar-refractivity contribution is -0.120. The highest BCUT2D eigenvalue weighted by Crippen LogP contribution is 2.21. The molecule has 1 aliphatic carbocycles. The van der Waals surface area contributed by atoms with Crippen molar-refractivity contribution in [3.8, 4) is 0 Å². The average Bonchev–Trinajstić information content (AvgIpc) is 2.68. The van der Waals surface area contributed by atoms with Crippen LogP contribution < -0.4 is 5.32 Å². The third-order valence-electron chi connectivity index (χ3n) is 3.58. The number of thiazole rings is 1. The molecular weight excluding hydrogens is 256 g/mol. The lowest BCUT2D eigenvalue weighted by Crippen LogP contribution is -2.35. The summed E-state index contributed by atoms with van der Waals surface area (Å²) >= 11 is 1.62. The number of nitrogens with zero attached hydrogens (tertiary/aromatic N) is 1. The molecule has 1 aromatic heterocycles. The molecule has 104 valence electrons. The minimum Gasteiger partial charge on any atom is -0.350 e. The predicted octanol–water partition coefficient (Wildman–Crippen LogP) is 3.31. The second kappa shape index (κ2) is 6.33. The Morgan fingerprint density at radius 2 is 2.26 bits per heavy atom. The quantitative estimate of drug-likeness (QED) is 0.859. The molecule has 1 heterocycles. The van der Waals surface area contributed by atoms with E-state index in [9.17, 15) is 4.79 Å². The van der Waals surface area contributed by atoms with E-state index in [2.05, 4.69) is 23.3 Å². The molecule has 0 radical (unpaired) electrons. The SMILES string of the molecule is Cc1nc(C)c(CC(=O)N[C@@H](C)C2=CCCCC2)s1. The van der Waals surface area contributed by atoms with Gasteiger partial charge in [-0.25, -0.2) is 4.98 Å². The van der Waals surface area contributed by atoms with Crippen LogP contribution in [0.3, 0.4) is 0 Å². The predicted molar refractivity (Wildman–Crippen MR) is 79.4 cm³/mol. The summed E-state index contributed by atoms with van der Waals surface area (Å²) in [5, 5.41) is 4.14. The van der Waals surface area contributed by atoms with Crippen LogP contribution in [-0.4, -0.2) is 16.9 Å². The Hall–Kier alpha value is -1.16. The summed E-state index contributed by atoms with van der Waals surface area (Å²) in [6.07, 6.45) is 7.55. The molecule has 0 fully saturated rings. The summed E-state index contributed by atoms with van der Waals surface area (Å²) in [6.45, 7) is 6.04. The molecule has 3 nitrogen and oxygen atoms in total. The third kappa shape index (κ3) is 3.90. The number of carbonyl (C=O) groups is 1. The first-order valence-electron chi connectivity index (χ1n) is 6.97. The molecule has 1 amide bonds. The van der Waals surface area contributed by atoms with Crippen molar-refractivity contribution in [2.45, 2.75) is 58.9 Å². The first kappa shape index (κ1) is 14.3. The highest BCUT2D eigenvalue weighted by atomic mass is 32.1. The summed E-state index contributed by atoms with van der Waals surface area (Å²) in [6, 6.07) is 0.169. The van der Waals surface area contributed by atoms with Gasteiger partial charge in [-0.15, -0.1) is 11.3 Å². The summed E-state index contributed by atoms with van der Waals surface area (Å²) in [4.78, 5) is 17.5. The monoisotopic (exact) mass is 278 g/mol. The Labute approximate surface area is 119 Å². The standard InChI is InChI=1S/C15H22N2OS/c1-10(13-7-5-4-6-8-13)17-15(18)9-14-11(2)16-12(3)19-14/h7,10H,4-6,8-9H2,1-3H3,(H,17,18)/t10-/m0/s1. The van der Waals surface area contributed by atoms with Gasteiger partial charge in [0.05, 0.1) is 17.1 Å². The number of hydrogen-bond donors (Lipinski definition) is 1. The fraction of sp³-hybridized carbons (Fsp3) is 0.600. The molecule has 1 aliphatic rings. The lowest BCUT2D eigenvalue weighted by Gasteiger charge is -2.20. The fourth-order valence-corrected chi connectivity index (χ4v) is 3.46. The second-order valence-corrected chi connectivity index (χ2v) is 6.52. The normalized spacial score (nSPS) is 16.9. The van der Waals surface area contributed by atoms with Gasteiger partial charge < -0.3 is 5.32 Å². The molecule has 0 bridgehead atoms. The number of nitrogens with one attached hydrogen (secondary N) is 1. The summed E-state index contributed by atoms with van der Waals surface area (Å²) in [5.74, 6) is 0.103. The Morgan fingerprint density at radius 1 is 1.47 bits per heavy atom. The van der Waals surface area contributed by atoms with Crippen LogP contribution >= 0.6 is 11.3 Å². The van der Waals surface area contributed by atoms with Gasteiger partial charge in [0.1, 0.15) is 0 Å². The number of rotatable bonds is 4. The molecule has 0 saturated carbocycles. The number of amides is 1. The number of allylic oxidation sites excluding steroid dienone is 1. The van der Waals surface area contributed by atoms with Crippen molar-refractivity contribution in [2.24, 2.45) is 0 Å². The number of aromatic nitrogens is 1. The summed E-state index contributed by atoms with van der Waals surface area (Å²) in [7, 11) is 0. The van der Waals surface area contributed by atoms with Crippen molar-refractivity contribution in [3.05, 3.63) is 27.2 Å². The Morgan fingerprint density at radius 3 is 2.84 bits per heavy atom. The van der Waals surface area contributed by atoms with Gasteiger partial charge in [0.2, 0.25) is 5.91 Å². The van der Waals surface area contributed by atoms with E-state index in [0.717, 1.165) is 28.4 Å². The van der Waals surface area contributed by atoms with Crippen molar-refractivity contribution in [2.75, 3.05) is 0 Å². The minimum absolute atomic E-state index is 0.103. The van der Waals surface area contributed by atoms with Gasteiger partial charge in [-0.05, 0) is 46.5 Å². The van der Waals surface area contributed by atoms with Crippen LogP contribution in [-0.2, 0) is 11.2 Å². The summed E-state index contributed by atoms with van der Waals surface area (Å²) in [5.41, 5.74) is 2.37. The number of aryl methyl sites for hydroxylation is 2. The second-order valence-electron chi connectivity index (χ2n) is 5.23. The van der Waals surface area contributed by atoms with Gasteiger partial charge in [0.15, 0.2) is 0 Å². The van der Waals surface area contributed by atoms with Crippen LogP contribution in [0.5, 0.6) is 0 Å². The van der Waals surface area contributed by atoms with Gasteiger partial charge in [-0.2, -0.15) is 0 Å². The van der Waals surface area contributed by atoms with E-state index in [4.69, 9.17) is 0 Å². The van der Waals surface area contributed by atoms with Crippen LogP contribution in [0.4, 0.5) is 0 Å². The fourth-order valence-electron chi connectivity index (χ4n) is 2.52. The van der Waals surface area contributed by atoms with Gasteiger partial charge in [0.25, 0.3) is 0 Å².